The third-order valence-corrected chi connectivity index (χ3v) is 6.95. The lowest BCUT2D eigenvalue weighted by molar-refractivity contribution is -0.115. The van der Waals surface area contributed by atoms with Gasteiger partial charge in [0.25, 0.3) is 10.0 Å². The van der Waals surface area contributed by atoms with Crippen molar-refractivity contribution in [2.75, 3.05) is 4.31 Å². The number of nitrogens with zero attached hydrogens (tertiary/aromatic N) is 1. The highest BCUT2D eigenvalue weighted by Gasteiger charge is 2.31. The van der Waals surface area contributed by atoms with Crippen molar-refractivity contribution in [1.29, 1.82) is 0 Å². The Morgan fingerprint density at radius 2 is 1.75 bits per heavy atom. The number of sulfonamides is 1. The molecule has 3 aromatic rings. The highest BCUT2D eigenvalue weighted by atomic mass is 32.2. The van der Waals surface area contributed by atoms with Gasteiger partial charge in [0.05, 0.1) is 16.8 Å². The Kier molecular flexibility index (Phi) is 6.01. The van der Waals surface area contributed by atoms with Crippen LogP contribution in [0.25, 0.3) is 0 Å². The van der Waals surface area contributed by atoms with E-state index in [-0.39, 0.29) is 22.5 Å². The van der Waals surface area contributed by atoms with Crippen LogP contribution in [0.5, 0.6) is 0 Å². The maximum absolute atomic E-state index is 13.5. The Bertz CT molecular complexity index is 1240. The number of hydrogen-bond donors (Lipinski definition) is 0. The van der Waals surface area contributed by atoms with Gasteiger partial charge >= 0.3 is 0 Å². The van der Waals surface area contributed by atoms with Crippen molar-refractivity contribution in [1.82, 2.24) is 0 Å². The molecular weight excluding hydrogens is 426 g/mol. The van der Waals surface area contributed by atoms with Gasteiger partial charge in [-0.25, -0.2) is 12.7 Å². The summed E-state index contributed by atoms with van der Waals surface area (Å²) < 4.78 is 39.4. The molecule has 0 fully saturated rings. The predicted octanol–water partition coefficient (Wildman–Crippen LogP) is 5.30. The Balaban J connectivity index is 1.65. The molecule has 1 aliphatic rings. The summed E-state index contributed by atoms with van der Waals surface area (Å²) in [6.45, 7) is 5.78. The number of allylic oxidation sites excluding steroid dienone is 2. The first-order valence-electron chi connectivity index (χ1n) is 10.2. The van der Waals surface area contributed by atoms with Crippen LogP contribution in [0.2, 0.25) is 0 Å². The molecule has 1 aliphatic carbocycles. The molecule has 0 bridgehead atoms. The molecule has 0 saturated heterocycles. The lowest BCUT2D eigenvalue weighted by atomic mass is 9.90. The van der Waals surface area contributed by atoms with Crippen molar-refractivity contribution in [3.05, 3.63) is 109 Å². The summed E-state index contributed by atoms with van der Waals surface area (Å²) >= 11 is 0. The van der Waals surface area contributed by atoms with E-state index in [0.717, 1.165) is 9.87 Å². The van der Waals surface area contributed by atoms with Crippen LogP contribution in [-0.2, 0) is 19.6 Å². The second-order valence-corrected chi connectivity index (χ2v) is 9.40. The lowest BCUT2D eigenvalue weighted by Gasteiger charge is -2.28. The minimum atomic E-state index is -4.01. The van der Waals surface area contributed by atoms with Crippen LogP contribution in [0.4, 0.5) is 5.69 Å². The van der Waals surface area contributed by atoms with Gasteiger partial charge in [-0.1, -0.05) is 35.9 Å². The second kappa shape index (κ2) is 8.88. The van der Waals surface area contributed by atoms with Gasteiger partial charge < -0.3 is 9.15 Å². The SMILES string of the molecule is C=C(OC1=CC(=O)CC(c2ccco2)C1)N(c1ccccc1)S(=O)(=O)c1ccc(C)cc1. The second-order valence-electron chi connectivity index (χ2n) is 7.61. The Hall–Kier alpha value is -3.58. The van der Waals surface area contributed by atoms with Crippen molar-refractivity contribution in [2.45, 2.75) is 30.6 Å². The molecule has 7 heteroatoms. The van der Waals surface area contributed by atoms with E-state index in [1.165, 1.54) is 6.08 Å². The smallest absolute Gasteiger partial charge is 0.271 e. The Morgan fingerprint density at radius 3 is 2.41 bits per heavy atom. The van der Waals surface area contributed by atoms with Gasteiger partial charge in [-0.15, -0.1) is 0 Å². The summed E-state index contributed by atoms with van der Waals surface area (Å²) in [5, 5.41) is 0. The van der Waals surface area contributed by atoms with Gasteiger partial charge in [-0.3, -0.25) is 4.79 Å². The van der Waals surface area contributed by atoms with Crippen LogP contribution in [0, 0.1) is 6.92 Å². The van der Waals surface area contributed by atoms with E-state index in [0.29, 0.717) is 30.0 Å². The van der Waals surface area contributed by atoms with E-state index in [2.05, 4.69) is 6.58 Å². The third-order valence-electron chi connectivity index (χ3n) is 5.19. The molecule has 6 nitrogen and oxygen atoms in total. The number of ether oxygens (including phenoxy) is 1. The molecule has 0 N–H and O–H groups in total. The molecule has 1 atom stereocenters. The zero-order valence-electron chi connectivity index (χ0n) is 17.6. The number of rotatable bonds is 7. The fourth-order valence-corrected chi connectivity index (χ4v) is 5.04. The molecule has 0 radical (unpaired) electrons. The summed E-state index contributed by atoms with van der Waals surface area (Å²) in [5.41, 5.74) is 1.32. The minimum Gasteiger partial charge on any atom is -0.469 e. The zero-order chi connectivity index (χ0) is 22.7. The summed E-state index contributed by atoms with van der Waals surface area (Å²) in [6.07, 6.45) is 3.65. The van der Waals surface area contributed by atoms with Crippen molar-refractivity contribution in [2.24, 2.45) is 0 Å². The molecule has 2 aromatic carbocycles. The highest BCUT2D eigenvalue weighted by Crippen LogP contribution is 2.35. The maximum atomic E-state index is 13.5. The first kappa shape index (κ1) is 21.6. The van der Waals surface area contributed by atoms with Crippen molar-refractivity contribution >= 4 is 21.5 Å². The molecular formula is C25H23NO5S. The van der Waals surface area contributed by atoms with E-state index in [4.69, 9.17) is 9.15 Å². The summed E-state index contributed by atoms with van der Waals surface area (Å²) in [7, 11) is -4.01. The molecule has 0 aliphatic heterocycles. The van der Waals surface area contributed by atoms with Gasteiger partial charge in [0.2, 0.25) is 5.88 Å². The molecule has 1 aromatic heterocycles. The average Bonchev–Trinajstić information content (AvgIpc) is 3.29. The van der Waals surface area contributed by atoms with E-state index in [1.54, 1.807) is 66.9 Å². The minimum absolute atomic E-state index is 0.110. The van der Waals surface area contributed by atoms with Gasteiger partial charge in [-0.2, -0.15) is 0 Å². The van der Waals surface area contributed by atoms with Crippen LogP contribution in [-0.4, -0.2) is 14.2 Å². The van der Waals surface area contributed by atoms with E-state index >= 15 is 0 Å². The standard InChI is InChI=1S/C25H23NO5S/c1-18-10-12-24(13-11-18)32(28,29)26(21-7-4-3-5-8-21)19(2)31-23-16-20(15-22(27)17-23)25-9-6-14-30-25/h3-14,17,20H,2,15-16H2,1H3. The number of aryl methyl sites for hydroxylation is 1. The van der Waals surface area contributed by atoms with Crippen LogP contribution >= 0.6 is 0 Å². The number of para-hydroxylation sites is 1. The normalized spacial score (nSPS) is 16.3. The number of hydrogen-bond acceptors (Lipinski definition) is 5. The molecule has 32 heavy (non-hydrogen) atoms. The van der Waals surface area contributed by atoms with E-state index < -0.39 is 10.0 Å². The first-order chi connectivity index (χ1) is 15.3. The van der Waals surface area contributed by atoms with E-state index in [9.17, 15) is 13.2 Å². The van der Waals surface area contributed by atoms with Crippen molar-refractivity contribution in [3.63, 3.8) is 0 Å². The van der Waals surface area contributed by atoms with Crippen LogP contribution in [0.15, 0.2) is 107 Å². The van der Waals surface area contributed by atoms with Crippen molar-refractivity contribution < 1.29 is 22.4 Å². The fourth-order valence-electron chi connectivity index (χ4n) is 3.64. The highest BCUT2D eigenvalue weighted by molar-refractivity contribution is 7.93. The first-order valence-corrected chi connectivity index (χ1v) is 11.6. The van der Waals surface area contributed by atoms with Crippen molar-refractivity contribution in [3.8, 4) is 0 Å². The number of ketones is 1. The largest absolute Gasteiger partial charge is 0.469 e. The number of benzene rings is 2. The topological polar surface area (TPSA) is 76.8 Å². The van der Waals surface area contributed by atoms with Gasteiger partial charge in [0.15, 0.2) is 5.78 Å². The summed E-state index contributed by atoms with van der Waals surface area (Å²) in [4.78, 5) is 12.4. The molecule has 0 spiro atoms. The lowest BCUT2D eigenvalue weighted by Crippen LogP contribution is -2.31. The van der Waals surface area contributed by atoms with Crippen LogP contribution in [0.1, 0.15) is 30.1 Å². The Morgan fingerprint density at radius 1 is 1.03 bits per heavy atom. The van der Waals surface area contributed by atoms with Crippen LogP contribution < -0.4 is 4.31 Å². The summed E-state index contributed by atoms with van der Waals surface area (Å²) in [5.74, 6) is 0.617. The fraction of sp³-hybridized carbons (Fsp3) is 0.160. The van der Waals surface area contributed by atoms with Crippen LogP contribution in [0.3, 0.4) is 0 Å². The van der Waals surface area contributed by atoms with E-state index in [1.807, 2.05) is 13.0 Å². The van der Waals surface area contributed by atoms with Gasteiger partial charge in [0.1, 0.15) is 11.5 Å². The third kappa shape index (κ3) is 4.53. The van der Waals surface area contributed by atoms with Gasteiger partial charge in [0, 0.05) is 24.8 Å². The number of anilines is 1. The number of carbonyl (C=O) groups is 1. The predicted molar refractivity (Wildman–Crippen MR) is 121 cm³/mol. The Labute approximate surface area is 187 Å². The zero-order valence-corrected chi connectivity index (χ0v) is 18.4. The number of carbonyl (C=O) groups excluding carboxylic acids is 1. The average molecular weight is 450 g/mol. The number of furan rings is 1. The maximum Gasteiger partial charge on any atom is 0.271 e. The van der Waals surface area contributed by atoms with Gasteiger partial charge in [-0.05, 0) is 49.9 Å². The summed E-state index contributed by atoms with van der Waals surface area (Å²) in [6, 6.07) is 18.7. The molecule has 1 unspecified atom stereocenters. The molecule has 4 rings (SSSR count). The molecule has 1 heterocycles. The monoisotopic (exact) mass is 449 g/mol. The molecule has 164 valence electrons. The molecule has 0 saturated carbocycles. The quantitative estimate of drug-likeness (QED) is 0.457. The molecule has 0 amide bonds.